The zero-order valence-electron chi connectivity index (χ0n) is 19.7. The van der Waals surface area contributed by atoms with Gasteiger partial charge < -0.3 is 26.0 Å². The fraction of sp³-hybridized carbons (Fsp3) is 0.913. The maximum atomic E-state index is 11.3. The van der Waals surface area contributed by atoms with Crippen LogP contribution in [0.4, 0.5) is 0 Å². The van der Waals surface area contributed by atoms with Crippen molar-refractivity contribution < 1.29 is 9.53 Å². The summed E-state index contributed by atoms with van der Waals surface area (Å²) in [6.45, 7) is 15.4. The Morgan fingerprint density at radius 3 is 2.53 bits per heavy atom. The average Bonchev–Trinajstić information content (AvgIpc) is 2.71. The van der Waals surface area contributed by atoms with Crippen molar-refractivity contribution in [3.8, 4) is 0 Å². The summed E-state index contributed by atoms with van der Waals surface area (Å²) in [7, 11) is 0. The van der Waals surface area contributed by atoms with Crippen molar-refractivity contribution in [3.63, 3.8) is 0 Å². The third-order valence-corrected chi connectivity index (χ3v) is 6.31. The molecule has 174 valence electrons. The normalized spacial score (nSPS) is 24.6. The number of carbonyl (C=O) groups is 1. The van der Waals surface area contributed by atoms with Crippen LogP contribution < -0.4 is 16.4 Å². The Morgan fingerprint density at radius 1 is 1.17 bits per heavy atom. The highest BCUT2D eigenvalue weighted by molar-refractivity contribution is 5.79. The predicted octanol–water partition coefficient (Wildman–Crippen LogP) is 2.36. The number of nitrogens with zero attached hydrogens (tertiary/aromatic N) is 2. The van der Waals surface area contributed by atoms with Gasteiger partial charge in [0.15, 0.2) is 5.96 Å². The first-order chi connectivity index (χ1) is 14.3. The molecular weight excluding hydrogens is 378 g/mol. The molecule has 2 aliphatic rings. The van der Waals surface area contributed by atoms with Crippen molar-refractivity contribution >= 4 is 11.9 Å². The van der Waals surface area contributed by atoms with E-state index in [2.05, 4.69) is 43.2 Å². The number of nitrogens with two attached hydrogens (primary N) is 1. The van der Waals surface area contributed by atoms with Gasteiger partial charge in [-0.1, -0.05) is 20.8 Å². The predicted molar refractivity (Wildman–Crippen MR) is 123 cm³/mol. The number of guanidine groups is 1. The first-order valence-electron chi connectivity index (χ1n) is 12.0. The molecule has 2 rings (SSSR count). The first-order valence-corrected chi connectivity index (χ1v) is 12.0. The molecule has 2 fully saturated rings. The Labute approximate surface area is 183 Å². The summed E-state index contributed by atoms with van der Waals surface area (Å²) >= 11 is 0. The third kappa shape index (κ3) is 8.42. The number of amides is 1. The van der Waals surface area contributed by atoms with Crippen LogP contribution >= 0.6 is 0 Å². The van der Waals surface area contributed by atoms with Crippen LogP contribution in [-0.4, -0.2) is 68.7 Å². The summed E-state index contributed by atoms with van der Waals surface area (Å²) in [4.78, 5) is 18.6. The van der Waals surface area contributed by atoms with E-state index in [4.69, 9.17) is 15.5 Å². The highest BCUT2D eigenvalue weighted by atomic mass is 16.5. The van der Waals surface area contributed by atoms with E-state index in [9.17, 15) is 4.79 Å². The van der Waals surface area contributed by atoms with Crippen LogP contribution in [-0.2, 0) is 9.53 Å². The maximum Gasteiger partial charge on any atom is 0.220 e. The third-order valence-electron chi connectivity index (χ3n) is 6.31. The van der Waals surface area contributed by atoms with Crippen LogP contribution in [0.25, 0.3) is 0 Å². The second-order valence-corrected chi connectivity index (χ2v) is 9.93. The zero-order valence-corrected chi connectivity index (χ0v) is 19.7. The standard InChI is InChI=1S/C23H45N5O2/c1-5-25-22(27-17-19-9-8-16-30-20(19)23(2,3)4)26-12-6-7-13-28-14-10-18(11-15-28)21(24)29/h18-20H,5-17H2,1-4H3,(H2,24,29)(H2,25,26,27). The van der Waals surface area contributed by atoms with Gasteiger partial charge in [-0.2, -0.15) is 0 Å². The molecule has 2 aliphatic heterocycles. The Kier molecular flexibility index (Phi) is 10.4. The number of nitrogens with one attached hydrogen (secondary N) is 2. The minimum Gasteiger partial charge on any atom is -0.377 e. The molecule has 30 heavy (non-hydrogen) atoms. The summed E-state index contributed by atoms with van der Waals surface area (Å²) in [5, 5.41) is 6.87. The van der Waals surface area contributed by atoms with Crippen molar-refractivity contribution in [2.75, 3.05) is 45.9 Å². The number of likely N-dealkylation sites (tertiary alicyclic amines) is 1. The van der Waals surface area contributed by atoms with Crippen molar-refractivity contribution in [1.29, 1.82) is 0 Å². The molecule has 1 amide bonds. The number of hydrogen-bond donors (Lipinski definition) is 3. The molecule has 7 heteroatoms. The minimum absolute atomic E-state index is 0.0780. The average molecular weight is 424 g/mol. The van der Waals surface area contributed by atoms with Gasteiger partial charge in [0.1, 0.15) is 0 Å². The van der Waals surface area contributed by atoms with E-state index < -0.39 is 0 Å². The molecule has 0 bridgehead atoms. The number of unbranched alkanes of at least 4 members (excludes halogenated alkanes) is 1. The summed E-state index contributed by atoms with van der Waals surface area (Å²) in [5.74, 6) is 1.34. The SMILES string of the molecule is CCNC(=NCC1CCCOC1C(C)(C)C)NCCCCN1CCC(C(N)=O)CC1. The van der Waals surface area contributed by atoms with Gasteiger partial charge in [-0.15, -0.1) is 0 Å². The van der Waals surface area contributed by atoms with E-state index in [-0.39, 0.29) is 23.3 Å². The maximum absolute atomic E-state index is 11.3. The fourth-order valence-electron chi connectivity index (χ4n) is 4.65. The van der Waals surface area contributed by atoms with Gasteiger partial charge in [0.2, 0.25) is 5.91 Å². The van der Waals surface area contributed by atoms with E-state index >= 15 is 0 Å². The quantitative estimate of drug-likeness (QED) is 0.301. The van der Waals surface area contributed by atoms with Crippen molar-refractivity contribution in [2.45, 2.75) is 72.3 Å². The summed E-state index contributed by atoms with van der Waals surface area (Å²) in [5.41, 5.74) is 5.57. The van der Waals surface area contributed by atoms with Gasteiger partial charge in [0, 0.05) is 38.1 Å². The van der Waals surface area contributed by atoms with Crippen LogP contribution in [0.5, 0.6) is 0 Å². The molecule has 2 unspecified atom stereocenters. The minimum atomic E-state index is -0.136. The lowest BCUT2D eigenvalue weighted by atomic mass is 9.78. The topological polar surface area (TPSA) is 92.0 Å². The first kappa shape index (κ1) is 24.9. The molecule has 0 aliphatic carbocycles. The van der Waals surface area contributed by atoms with Crippen molar-refractivity contribution in [2.24, 2.45) is 28.0 Å². The Bertz CT molecular complexity index is 538. The Hall–Kier alpha value is -1.34. The molecule has 0 spiro atoms. The molecule has 0 radical (unpaired) electrons. The van der Waals surface area contributed by atoms with Gasteiger partial charge in [-0.05, 0) is 70.5 Å². The smallest absolute Gasteiger partial charge is 0.220 e. The van der Waals surface area contributed by atoms with Crippen LogP contribution in [0.1, 0.15) is 66.2 Å². The molecule has 7 nitrogen and oxygen atoms in total. The molecular formula is C23H45N5O2. The number of primary amides is 1. The Morgan fingerprint density at radius 2 is 1.90 bits per heavy atom. The van der Waals surface area contributed by atoms with Crippen LogP contribution in [0.15, 0.2) is 4.99 Å². The fourth-order valence-corrected chi connectivity index (χ4v) is 4.65. The van der Waals surface area contributed by atoms with Crippen LogP contribution in [0.3, 0.4) is 0 Å². The van der Waals surface area contributed by atoms with E-state index in [1.165, 1.54) is 6.42 Å². The van der Waals surface area contributed by atoms with Crippen LogP contribution in [0, 0.1) is 17.3 Å². The van der Waals surface area contributed by atoms with E-state index in [1.807, 2.05) is 0 Å². The Balaban J connectivity index is 1.69. The molecule has 0 saturated carbocycles. The van der Waals surface area contributed by atoms with E-state index in [0.717, 1.165) is 83.9 Å². The molecule has 2 atom stereocenters. The van der Waals surface area contributed by atoms with Gasteiger partial charge in [-0.25, -0.2) is 0 Å². The monoisotopic (exact) mass is 423 g/mol. The summed E-state index contributed by atoms with van der Waals surface area (Å²) < 4.78 is 6.10. The molecule has 0 aromatic rings. The second-order valence-electron chi connectivity index (χ2n) is 9.93. The number of hydrogen-bond acceptors (Lipinski definition) is 4. The van der Waals surface area contributed by atoms with E-state index in [0.29, 0.717) is 5.92 Å². The lowest BCUT2D eigenvalue weighted by Gasteiger charge is -2.39. The number of carbonyl (C=O) groups excluding carboxylic acids is 1. The largest absolute Gasteiger partial charge is 0.377 e. The summed E-state index contributed by atoms with van der Waals surface area (Å²) in [6, 6.07) is 0. The lowest BCUT2D eigenvalue weighted by Crippen LogP contribution is -2.43. The number of piperidine rings is 1. The molecule has 0 aromatic carbocycles. The van der Waals surface area contributed by atoms with Gasteiger partial charge in [0.05, 0.1) is 6.10 Å². The number of aliphatic imine (C=N–C) groups is 1. The highest BCUT2D eigenvalue weighted by Gasteiger charge is 2.35. The highest BCUT2D eigenvalue weighted by Crippen LogP contribution is 2.34. The molecule has 2 heterocycles. The molecule has 0 aromatic heterocycles. The van der Waals surface area contributed by atoms with Crippen molar-refractivity contribution in [1.82, 2.24) is 15.5 Å². The summed E-state index contributed by atoms with van der Waals surface area (Å²) in [6.07, 6.45) is 6.67. The lowest BCUT2D eigenvalue weighted by molar-refractivity contribution is -0.123. The zero-order chi connectivity index (χ0) is 22.0. The number of ether oxygens (including phenoxy) is 1. The van der Waals surface area contributed by atoms with E-state index in [1.54, 1.807) is 0 Å². The molecule has 2 saturated heterocycles. The molecule has 4 N–H and O–H groups in total. The van der Waals surface area contributed by atoms with Gasteiger partial charge >= 0.3 is 0 Å². The second kappa shape index (κ2) is 12.5. The van der Waals surface area contributed by atoms with Crippen molar-refractivity contribution in [3.05, 3.63) is 0 Å². The number of rotatable bonds is 9. The van der Waals surface area contributed by atoms with Gasteiger partial charge in [-0.3, -0.25) is 9.79 Å². The van der Waals surface area contributed by atoms with Crippen LogP contribution in [0.2, 0.25) is 0 Å². The van der Waals surface area contributed by atoms with Gasteiger partial charge in [0.25, 0.3) is 0 Å².